The van der Waals surface area contributed by atoms with E-state index in [0.29, 0.717) is 22.0 Å². The summed E-state index contributed by atoms with van der Waals surface area (Å²) in [5, 5.41) is 3.49. The molecule has 0 aliphatic heterocycles. The van der Waals surface area contributed by atoms with Crippen LogP contribution < -0.4 is 10.1 Å². The van der Waals surface area contributed by atoms with Crippen molar-refractivity contribution in [2.24, 2.45) is 5.41 Å². The van der Waals surface area contributed by atoms with Crippen LogP contribution in [-0.2, 0) is 4.79 Å². The van der Waals surface area contributed by atoms with E-state index in [1.807, 2.05) is 20.8 Å². The second-order valence-corrected chi connectivity index (χ2v) is 7.41. The zero-order valence-electron chi connectivity index (χ0n) is 14.2. The summed E-state index contributed by atoms with van der Waals surface area (Å²) in [4.78, 5) is 24.1. The average Bonchev–Trinajstić information content (AvgIpc) is 2.52. The van der Waals surface area contributed by atoms with Gasteiger partial charge >= 0.3 is 0 Å². The van der Waals surface area contributed by atoms with Crippen LogP contribution in [0.15, 0.2) is 42.5 Å². The maximum Gasteiger partial charge on any atom is 0.257 e. The van der Waals surface area contributed by atoms with Crippen LogP contribution >= 0.6 is 23.2 Å². The lowest BCUT2D eigenvalue weighted by molar-refractivity contribution is -0.128. The van der Waals surface area contributed by atoms with E-state index in [9.17, 15) is 9.59 Å². The number of hydrogen-bond donors (Lipinski definition) is 1. The van der Waals surface area contributed by atoms with Gasteiger partial charge in [0.15, 0.2) is 5.78 Å². The molecule has 0 radical (unpaired) electrons. The summed E-state index contributed by atoms with van der Waals surface area (Å²) in [6.07, 6.45) is 0. The van der Waals surface area contributed by atoms with Crippen molar-refractivity contribution in [2.45, 2.75) is 20.8 Å². The highest BCUT2D eigenvalue weighted by molar-refractivity contribution is 6.37. The molecule has 4 nitrogen and oxygen atoms in total. The van der Waals surface area contributed by atoms with E-state index in [0.717, 1.165) is 0 Å². The lowest BCUT2D eigenvalue weighted by Crippen LogP contribution is -2.26. The average molecular weight is 380 g/mol. The fraction of sp³-hybridized carbons (Fsp3) is 0.263. The molecule has 0 aromatic heterocycles. The number of hydrogen-bond acceptors (Lipinski definition) is 3. The van der Waals surface area contributed by atoms with Crippen LogP contribution in [0.5, 0.6) is 5.75 Å². The van der Waals surface area contributed by atoms with Gasteiger partial charge in [-0.25, -0.2) is 0 Å². The third-order valence-corrected chi connectivity index (χ3v) is 4.04. The van der Waals surface area contributed by atoms with Gasteiger partial charge in [-0.05, 0) is 42.5 Å². The highest BCUT2D eigenvalue weighted by Gasteiger charge is 2.21. The Hall–Kier alpha value is -2.04. The number of anilines is 1. The molecule has 0 bridgehead atoms. The quantitative estimate of drug-likeness (QED) is 0.772. The minimum absolute atomic E-state index is 0.00951. The van der Waals surface area contributed by atoms with Gasteiger partial charge in [0.2, 0.25) is 0 Å². The number of carbonyl (C=O) groups is 2. The standard InChI is InChI=1S/C19H19Cl2NO3/c1-19(2,3)17(23)11-25-14-7-5-13(6-8-14)22-18(24)15-9-4-12(20)10-16(15)21/h4-10H,11H2,1-3H3,(H,22,24). The molecule has 1 amide bonds. The van der Waals surface area contributed by atoms with Gasteiger partial charge in [0.1, 0.15) is 12.4 Å². The van der Waals surface area contributed by atoms with Crippen LogP contribution in [0, 0.1) is 5.41 Å². The Balaban J connectivity index is 1.98. The summed E-state index contributed by atoms with van der Waals surface area (Å²) in [5.41, 5.74) is 0.485. The maximum absolute atomic E-state index is 12.2. The van der Waals surface area contributed by atoms with Crippen LogP contribution in [-0.4, -0.2) is 18.3 Å². The summed E-state index contributed by atoms with van der Waals surface area (Å²) < 4.78 is 5.47. The Labute approximate surface area is 157 Å². The highest BCUT2D eigenvalue weighted by atomic mass is 35.5. The largest absolute Gasteiger partial charge is 0.486 e. The highest BCUT2D eigenvalue weighted by Crippen LogP contribution is 2.23. The molecule has 0 heterocycles. The molecule has 1 N–H and O–H groups in total. The summed E-state index contributed by atoms with van der Waals surface area (Å²) in [6.45, 7) is 5.55. The van der Waals surface area contributed by atoms with E-state index in [-0.39, 0.29) is 23.3 Å². The van der Waals surface area contributed by atoms with Crippen molar-refractivity contribution < 1.29 is 14.3 Å². The van der Waals surface area contributed by atoms with Gasteiger partial charge in [-0.1, -0.05) is 44.0 Å². The SMILES string of the molecule is CC(C)(C)C(=O)COc1ccc(NC(=O)c2ccc(Cl)cc2Cl)cc1. The number of Topliss-reactive ketones (excluding diaryl/α,β-unsaturated/α-hetero) is 1. The van der Waals surface area contributed by atoms with Crippen LogP contribution in [0.25, 0.3) is 0 Å². The maximum atomic E-state index is 12.2. The van der Waals surface area contributed by atoms with Gasteiger partial charge in [-0.2, -0.15) is 0 Å². The molecule has 132 valence electrons. The van der Waals surface area contributed by atoms with Gasteiger partial charge < -0.3 is 10.1 Å². The Kier molecular flexibility index (Phi) is 6.09. The molecule has 6 heteroatoms. The van der Waals surface area contributed by atoms with E-state index in [1.165, 1.54) is 6.07 Å². The second-order valence-electron chi connectivity index (χ2n) is 6.56. The lowest BCUT2D eigenvalue weighted by Gasteiger charge is -2.16. The van der Waals surface area contributed by atoms with Crippen LogP contribution in [0.3, 0.4) is 0 Å². The summed E-state index contributed by atoms with van der Waals surface area (Å²) in [5.74, 6) is 0.237. The summed E-state index contributed by atoms with van der Waals surface area (Å²) in [6, 6.07) is 11.4. The number of ether oxygens (including phenoxy) is 1. The molecule has 0 fully saturated rings. The van der Waals surface area contributed by atoms with Crippen LogP contribution in [0.4, 0.5) is 5.69 Å². The lowest BCUT2D eigenvalue weighted by atomic mass is 9.91. The molecule has 0 spiro atoms. The van der Waals surface area contributed by atoms with E-state index in [1.54, 1.807) is 36.4 Å². The number of amides is 1. The molecule has 2 aromatic carbocycles. The predicted molar refractivity (Wildman–Crippen MR) is 101 cm³/mol. The molecular weight excluding hydrogens is 361 g/mol. The fourth-order valence-corrected chi connectivity index (χ4v) is 2.37. The molecular formula is C19H19Cl2NO3. The van der Waals surface area contributed by atoms with Crippen LogP contribution in [0.1, 0.15) is 31.1 Å². The number of halogens is 2. The normalized spacial score (nSPS) is 11.1. The first-order chi connectivity index (χ1) is 11.7. The minimum Gasteiger partial charge on any atom is -0.486 e. The monoisotopic (exact) mass is 379 g/mol. The first-order valence-corrected chi connectivity index (χ1v) is 8.45. The van der Waals surface area contributed by atoms with Gasteiger partial charge in [0, 0.05) is 16.1 Å². The number of rotatable bonds is 5. The molecule has 0 atom stereocenters. The van der Waals surface area contributed by atoms with Crippen molar-refractivity contribution >= 4 is 40.6 Å². The first-order valence-electron chi connectivity index (χ1n) is 7.69. The molecule has 0 saturated heterocycles. The van der Waals surface area contributed by atoms with Crippen molar-refractivity contribution in [2.75, 3.05) is 11.9 Å². The summed E-state index contributed by atoms with van der Waals surface area (Å²) >= 11 is 11.9. The minimum atomic E-state index is -0.439. The van der Waals surface area contributed by atoms with Crippen molar-refractivity contribution in [1.29, 1.82) is 0 Å². The van der Waals surface area contributed by atoms with Crippen LogP contribution in [0.2, 0.25) is 10.0 Å². The number of nitrogens with one attached hydrogen (secondary N) is 1. The first kappa shape index (κ1) is 19.3. The zero-order chi connectivity index (χ0) is 18.6. The Morgan fingerprint density at radius 1 is 1.04 bits per heavy atom. The second kappa shape index (κ2) is 7.89. The fourth-order valence-electron chi connectivity index (χ4n) is 1.87. The van der Waals surface area contributed by atoms with Gasteiger partial charge in [0.25, 0.3) is 5.91 Å². The Bertz CT molecular complexity index is 780. The van der Waals surface area contributed by atoms with Crippen molar-refractivity contribution in [3.63, 3.8) is 0 Å². The summed E-state index contributed by atoms with van der Waals surface area (Å²) in [7, 11) is 0. The molecule has 0 saturated carbocycles. The van der Waals surface area contributed by atoms with E-state index in [2.05, 4.69) is 5.32 Å². The van der Waals surface area contributed by atoms with Gasteiger partial charge in [0.05, 0.1) is 10.6 Å². The van der Waals surface area contributed by atoms with Crippen molar-refractivity contribution in [3.8, 4) is 5.75 Å². The molecule has 0 unspecified atom stereocenters. The molecule has 0 aliphatic rings. The van der Waals surface area contributed by atoms with E-state index in [4.69, 9.17) is 27.9 Å². The molecule has 0 aliphatic carbocycles. The number of ketones is 1. The van der Waals surface area contributed by atoms with Crippen molar-refractivity contribution in [3.05, 3.63) is 58.1 Å². The zero-order valence-corrected chi connectivity index (χ0v) is 15.7. The third kappa shape index (κ3) is 5.48. The Morgan fingerprint density at radius 3 is 2.24 bits per heavy atom. The molecule has 2 aromatic rings. The molecule has 25 heavy (non-hydrogen) atoms. The smallest absolute Gasteiger partial charge is 0.257 e. The number of carbonyl (C=O) groups excluding carboxylic acids is 2. The van der Waals surface area contributed by atoms with E-state index >= 15 is 0 Å². The molecule has 2 rings (SSSR count). The Morgan fingerprint density at radius 2 is 1.68 bits per heavy atom. The van der Waals surface area contributed by atoms with E-state index < -0.39 is 5.41 Å². The van der Waals surface area contributed by atoms with Gasteiger partial charge in [-0.3, -0.25) is 9.59 Å². The third-order valence-electron chi connectivity index (χ3n) is 3.49. The van der Waals surface area contributed by atoms with Crippen molar-refractivity contribution in [1.82, 2.24) is 0 Å². The number of benzene rings is 2. The predicted octanol–water partition coefficient (Wildman–Crippen LogP) is 5.24. The van der Waals surface area contributed by atoms with Gasteiger partial charge in [-0.15, -0.1) is 0 Å². The topological polar surface area (TPSA) is 55.4 Å².